The van der Waals surface area contributed by atoms with Crippen LogP contribution in [-0.4, -0.2) is 61.9 Å². The molecule has 2 aromatic carbocycles. The van der Waals surface area contributed by atoms with Crippen molar-refractivity contribution in [2.24, 2.45) is 0 Å². The number of rotatable bonds is 4. The first-order valence-electron chi connectivity index (χ1n) is 10.0. The summed E-state index contributed by atoms with van der Waals surface area (Å²) >= 11 is 1.74. The lowest BCUT2D eigenvalue weighted by molar-refractivity contribution is 0.0621. The Balaban J connectivity index is 1.23. The predicted octanol–water partition coefficient (Wildman–Crippen LogP) is 3.14. The number of aryl methyl sites for hydroxylation is 1. The molecule has 1 fully saturated rings. The summed E-state index contributed by atoms with van der Waals surface area (Å²) in [6.45, 7) is 5.68. The first kappa shape index (κ1) is 18.9. The molecule has 1 aliphatic rings. The van der Waals surface area contributed by atoms with Gasteiger partial charge in [0.15, 0.2) is 5.69 Å². The minimum absolute atomic E-state index is 0.0469. The third kappa shape index (κ3) is 3.71. The molecule has 7 nitrogen and oxygen atoms in total. The largest absolute Gasteiger partial charge is 0.335 e. The van der Waals surface area contributed by atoms with Crippen molar-refractivity contribution in [3.05, 3.63) is 71.0 Å². The Hall–Kier alpha value is -3.10. The van der Waals surface area contributed by atoms with Gasteiger partial charge in [-0.2, -0.15) is 9.90 Å². The predicted molar refractivity (Wildman–Crippen MR) is 117 cm³/mol. The average Bonchev–Trinajstić information content (AvgIpc) is 3.37. The third-order valence-corrected chi connectivity index (χ3v) is 6.35. The summed E-state index contributed by atoms with van der Waals surface area (Å²) < 4.78 is 1.22. The summed E-state index contributed by atoms with van der Waals surface area (Å²) in [6.07, 6.45) is 0. The summed E-state index contributed by atoms with van der Waals surface area (Å²) in [4.78, 5) is 23.5. The summed E-state index contributed by atoms with van der Waals surface area (Å²) in [6, 6.07) is 17.9. The molecule has 30 heavy (non-hydrogen) atoms. The van der Waals surface area contributed by atoms with E-state index in [1.807, 2.05) is 54.3 Å². The number of carbonyl (C=O) groups is 1. The van der Waals surface area contributed by atoms with E-state index < -0.39 is 0 Å². The van der Waals surface area contributed by atoms with Crippen LogP contribution in [0, 0.1) is 6.92 Å². The molecule has 5 rings (SSSR count). The highest BCUT2D eigenvalue weighted by molar-refractivity contribution is 7.18. The minimum atomic E-state index is -0.0469. The van der Waals surface area contributed by atoms with Crippen LogP contribution in [0.3, 0.4) is 0 Å². The van der Waals surface area contributed by atoms with E-state index in [4.69, 9.17) is 4.98 Å². The highest BCUT2D eigenvalue weighted by atomic mass is 32.1. The number of piperazine rings is 1. The van der Waals surface area contributed by atoms with Gasteiger partial charge in [-0.1, -0.05) is 30.3 Å². The van der Waals surface area contributed by atoms with Gasteiger partial charge in [-0.05, 0) is 31.2 Å². The Labute approximate surface area is 178 Å². The number of amides is 1. The van der Waals surface area contributed by atoms with Gasteiger partial charge in [0.05, 0.1) is 28.1 Å². The monoisotopic (exact) mass is 418 g/mol. The van der Waals surface area contributed by atoms with E-state index in [0.29, 0.717) is 24.5 Å². The Bertz CT molecular complexity index is 1140. The molecule has 0 radical (unpaired) electrons. The number of nitrogens with zero attached hydrogens (tertiary/aromatic N) is 6. The van der Waals surface area contributed by atoms with Gasteiger partial charge in [0, 0.05) is 26.2 Å². The van der Waals surface area contributed by atoms with Crippen molar-refractivity contribution >= 4 is 27.5 Å². The SMILES string of the molecule is Cc1nn(-c2ccccc2)nc1C(=O)N1CCN(Cc2nc3ccccc3s2)CC1. The van der Waals surface area contributed by atoms with Crippen LogP contribution in [0.2, 0.25) is 0 Å². The second-order valence-electron chi connectivity index (χ2n) is 7.40. The molecule has 1 amide bonds. The van der Waals surface area contributed by atoms with E-state index in [9.17, 15) is 4.79 Å². The van der Waals surface area contributed by atoms with E-state index in [1.54, 1.807) is 11.3 Å². The van der Waals surface area contributed by atoms with Gasteiger partial charge in [-0.15, -0.1) is 16.4 Å². The smallest absolute Gasteiger partial charge is 0.276 e. The Morgan fingerprint density at radius 2 is 1.70 bits per heavy atom. The molecule has 3 heterocycles. The van der Waals surface area contributed by atoms with Crippen molar-refractivity contribution in [1.29, 1.82) is 0 Å². The first-order chi connectivity index (χ1) is 14.7. The van der Waals surface area contributed by atoms with Crippen LogP contribution in [0.25, 0.3) is 15.9 Å². The maximum atomic E-state index is 13.0. The van der Waals surface area contributed by atoms with Gasteiger partial charge >= 0.3 is 0 Å². The molecule has 0 bridgehead atoms. The van der Waals surface area contributed by atoms with Crippen LogP contribution >= 0.6 is 11.3 Å². The lowest BCUT2D eigenvalue weighted by Gasteiger charge is -2.33. The van der Waals surface area contributed by atoms with E-state index in [1.165, 1.54) is 9.50 Å². The number of hydrogen-bond donors (Lipinski definition) is 0. The first-order valence-corrected chi connectivity index (χ1v) is 10.8. The van der Waals surface area contributed by atoms with Crippen molar-refractivity contribution < 1.29 is 4.79 Å². The topological polar surface area (TPSA) is 67.2 Å². The highest BCUT2D eigenvalue weighted by Crippen LogP contribution is 2.23. The number of thiazole rings is 1. The van der Waals surface area contributed by atoms with Gasteiger partial charge in [-0.3, -0.25) is 9.69 Å². The van der Waals surface area contributed by atoms with Gasteiger partial charge in [0.2, 0.25) is 0 Å². The molecule has 4 aromatic rings. The molecule has 0 unspecified atom stereocenters. The lowest BCUT2D eigenvalue weighted by Crippen LogP contribution is -2.48. The molecule has 8 heteroatoms. The molecule has 0 saturated carbocycles. The van der Waals surface area contributed by atoms with Gasteiger partial charge in [0.1, 0.15) is 5.01 Å². The van der Waals surface area contributed by atoms with Crippen molar-refractivity contribution in [3.8, 4) is 5.69 Å². The number of benzene rings is 2. The van der Waals surface area contributed by atoms with E-state index in [2.05, 4.69) is 27.2 Å². The molecular formula is C22H22N6OS. The maximum absolute atomic E-state index is 13.0. The lowest BCUT2D eigenvalue weighted by atomic mass is 10.2. The van der Waals surface area contributed by atoms with E-state index in [-0.39, 0.29) is 5.91 Å². The average molecular weight is 419 g/mol. The van der Waals surface area contributed by atoms with Crippen molar-refractivity contribution in [1.82, 2.24) is 29.8 Å². The summed E-state index contributed by atoms with van der Waals surface area (Å²) in [7, 11) is 0. The van der Waals surface area contributed by atoms with Crippen molar-refractivity contribution in [2.75, 3.05) is 26.2 Å². The van der Waals surface area contributed by atoms with Gasteiger partial charge in [-0.25, -0.2) is 4.98 Å². The molecule has 0 spiro atoms. The number of carbonyl (C=O) groups excluding carboxylic acids is 1. The second-order valence-corrected chi connectivity index (χ2v) is 8.52. The zero-order chi connectivity index (χ0) is 20.5. The van der Waals surface area contributed by atoms with Crippen molar-refractivity contribution in [3.63, 3.8) is 0 Å². The molecule has 0 N–H and O–H groups in total. The third-order valence-electron chi connectivity index (χ3n) is 5.33. The van der Waals surface area contributed by atoms with Crippen LogP contribution in [0.5, 0.6) is 0 Å². The van der Waals surface area contributed by atoms with Crippen LogP contribution < -0.4 is 0 Å². The Morgan fingerprint density at radius 1 is 0.967 bits per heavy atom. The zero-order valence-electron chi connectivity index (χ0n) is 16.7. The van der Waals surface area contributed by atoms with Gasteiger partial charge in [0.25, 0.3) is 5.91 Å². The molecular weight excluding hydrogens is 396 g/mol. The normalized spacial score (nSPS) is 15.0. The fourth-order valence-electron chi connectivity index (χ4n) is 3.69. The summed E-state index contributed by atoms with van der Waals surface area (Å²) in [5, 5.41) is 10.0. The number of para-hydroxylation sites is 2. The van der Waals surface area contributed by atoms with E-state index in [0.717, 1.165) is 35.8 Å². The number of aromatic nitrogens is 4. The summed E-state index contributed by atoms with van der Waals surface area (Å²) in [5.41, 5.74) is 2.99. The minimum Gasteiger partial charge on any atom is -0.335 e. The summed E-state index contributed by atoms with van der Waals surface area (Å²) in [5.74, 6) is -0.0469. The molecule has 0 atom stereocenters. The molecule has 0 aliphatic carbocycles. The second kappa shape index (κ2) is 7.97. The quantitative estimate of drug-likeness (QED) is 0.509. The standard InChI is InChI=1S/C22H22N6OS/c1-16-21(25-28(24-16)17-7-3-2-4-8-17)22(29)27-13-11-26(12-14-27)15-20-23-18-9-5-6-10-19(18)30-20/h2-10H,11-15H2,1H3. The maximum Gasteiger partial charge on any atom is 0.276 e. The fraction of sp³-hybridized carbons (Fsp3) is 0.273. The molecule has 152 valence electrons. The Morgan fingerprint density at radius 3 is 2.47 bits per heavy atom. The molecule has 2 aromatic heterocycles. The highest BCUT2D eigenvalue weighted by Gasteiger charge is 2.26. The van der Waals surface area contributed by atoms with E-state index >= 15 is 0 Å². The fourth-order valence-corrected chi connectivity index (χ4v) is 4.70. The molecule has 1 saturated heterocycles. The van der Waals surface area contributed by atoms with Gasteiger partial charge < -0.3 is 4.90 Å². The number of hydrogen-bond acceptors (Lipinski definition) is 6. The van der Waals surface area contributed by atoms with Crippen molar-refractivity contribution in [2.45, 2.75) is 13.5 Å². The zero-order valence-corrected chi connectivity index (χ0v) is 17.5. The number of fused-ring (bicyclic) bond motifs is 1. The van der Waals surface area contributed by atoms with Crippen LogP contribution in [0.15, 0.2) is 54.6 Å². The van der Waals surface area contributed by atoms with Crippen LogP contribution in [-0.2, 0) is 6.54 Å². The van der Waals surface area contributed by atoms with Crippen LogP contribution in [0.4, 0.5) is 0 Å². The Kier molecular flexibility index (Phi) is 5.02. The van der Waals surface area contributed by atoms with Crippen LogP contribution in [0.1, 0.15) is 21.2 Å². The molecule has 1 aliphatic heterocycles.